The van der Waals surface area contributed by atoms with Crippen LogP contribution < -0.4 is 5.56 Å². The third-order valence-corrected chi connectivity index (χ3v) is 6.45. The van der Waals surface area contributed by atoms with E-state index in [0.29, 0.717) is 17.0 Å². The highest BCUT2D eigenvalue weighted by molar-refractivity contribution is 7.91. The average molecular weight is 365 g/mol. The van der Waals surface area contributed by atoms with Gasteiger partial charge in [-0.05, 0) is 26.0 Å². The summed E-state index contributed by atoms with van der Waals surface area (Å²) in [6.07, 6.45) is 2.77. The van der Waals surface area contributed by atoms with E-state index in [1.807, 2.05) is 0 Å². The fourth-order valence-electron chi connectivity index (χ4n) is 2.61. The maximum atomic E-state index is 12.3. The van der Waals surface area contributed by atoms with Crippen LogP contribution in [0.5, 0.6) is 0 Å². The summed E-state index contributed by atoms with van der Waals surface area (Å²) in [5, 5.41) is -0.601. The van der Waals surface area contributed by atoms with E-state index >= 15 is 0 Å². The highest BCUT2D eigenvalue weighted by atomic mass is 32.2. The number of furan rings is 1. The number of amides is 1. The van der Waals surface area contributed by atoms with Crippen LogP contribution in [-0.2, 0) is 26.9 Å². The Morgan fingerprint density at radius 2 is 2.08 bits per heavy atom. The molecule has 0 atom stereocenters. The minimum atomic E-state index is -3.37. The van der Waals surface area contributed by atoms with Crippen molar-refractivity contribution in [3.05, 3.63) is 52.1 Å². The van der Waals surface area contributed by atoms with Crippen molar-refractivity contribution in [3.63, 3.8) is 0 Å². The van der Waals surface area contributed by atoms with Crippen LogP contribution >= 0.6 is 0 Å². The Hall–Kier alpha value is -2.42. The maximum Gasteiger partial charge on any atom is 0.256 e. The van der Waals surface area contributed by atoms with E-state index in [4.69, 9.17) is 4.42 Å². The van der Waals surface area contributed by atoms with Gasteiger partial charge in [0.15, 0.2) is 9.84 Å². The molecule has 0 spiro atoms. The summed E-state index contributed by atoms with van der Waals surface area (Å²) in [4.78, 5) is 29.9. The van der Waals surface area contributed by atoms with Gasteiger partial charge >= 0.3 is 0 Å². The second-order valence-corrected chi connectivity index (χ2v) is 8.48. The molecule has 1 saturated heterocycles. The first-order valence-corrected chi connectivity index (χ1v) is 9.54. The van der Waals surface area contributed by atoms with Gasteiger partial charge in [-0.25, -0.2) is 13.4 Å². The van der Waals surface area contributed by atoms with E-state index in [2.05, 4.69) is 4.98 Å². The quantitative estimate of drug-likeness (QED) is 0.754. The Morgan fingerprint density at radius 3 is 2.72 bits per heavy atom. The largest absolute Gasteiger partial charge is 0.468 e. The van der Waals surface area contributed by atoms with Crippen LogP contribution in [0.1, 0.15) is 17.0 Å². The highest BCUT2D eigenvalue weighted by Gasteiger charge is 2.39. The molecule has 0 radical (unpaired) electrons. The second-order valence-electron chi connectivity index (χ2n) is 6.20. The van der Waals surface area contributed by atoms with E-state index in [-0.39, 0.29) is 36.9 Å². The molecular weight excluding hydrogens is 346 g/mol. The number of nitrogens with zero attached hydrogens (tertiary/aromatic N) is 3. The van der Waals surface area contributed by atoms with Gasteiger partial charge in [0.1, 0.15) is 18.1 Å². The molecule has 0 aromatic carbocycles. The monoisotopic (exact) mass is 365 g/mol. The van der Waals surface area contributed by atoms with Gasteiger partial charge in [-0.15, -0.1) is 0 Å². The molecule has 0 unspecified atom stereocenters. The van der Waals surface area contributed by atoms with Gasteiger partial charge in [0, 0.05) is 24.3 Å². The highest BCUT2D eigenvalue weighted by Crippen LogP contribution is 2.21. The van der Waals surface area contributed by atoms with Crippen molar-refractivity contribution in [2.75, 3.05) is 13.1 Å². The van der Waals surface area contributed by atoms with Crippen molar-refractivity contribution >= 4 is 15.7 Å². The van der Waals surface area contributed by atoms with Crippen LogP contribution in [0, 0.1) is 13.8 Å². The molecule has 3 rings (SSSR count). The number of carbonyl (C=O) groups is 1. The maximum absolute atomic E-state index is 12.3. The Bertz CT molecular complexity index is 941. The molecule has 8 nitrogen and oxygen atoms in total. The topological polar surface area (TPSA) is 102 Å². The van der Waals surface area contributed by atoms with Gasteiger partial charge < -0.3 is 9.32 Å². The zero-order chi connectivity index (χ0) is 18.2. The Morgan fingerprint density at radius 1 is 1.36 bits per heavy atom. The zero-order valence-corrected chi connectivity index (χ0v) is 14.8. The molecule has 2 aromatic rings. The third-order valence-electron chi connectivity index (χ3n) is 4.45. The van der Waals surface area contributed by atoms with Gasteiger partial charge in [-0.1, -0.05) is 0 Å². The Balaban J connectivity index is 1.60. The summed E-state index contributed by atoms with van der Waals surface area (Å²) in [7, 11) is -3.37. The predicted octanol–water partition coefficient (Wildman–Crippen LogP) is 0.279. The summed E-state index contributed by atoms with van der Waals surface area (Å²) < 4.78 is 30.9. The average Bonchev–Trinajstić information content (AvgIpc) is 2.98. The molecule has 1 amide bonds. The predicted molar refractivity (Wildman–Crippen MR) is 89.7 cm³/mol. The molecular formula is C16H19N3O5S. The van der Waals surface area contributed by atoms with Crippen LogP contribution in [0.2, 0.25) is 0 Å². The number of rotatable bonds is 5. The van der Waals surface area contributed by atoms with Crippen LogP contribution in [0.15, 0.2) is 33.9 Å². The molecule has 1 aliphatic heterocycles. The van der Waals surface area contributed by atoms with Crippen LogP contribution in [0.25, 0.3) is 0 Å². The van der Waals surface area contributed by atoms with Crippen LogP contribution in [-0.4, -0.2) is 47.1 Å². The minimum Gasteiger partial charge on any atom is -0.468 e. The SMILES string of the molecule is Cc1ncn(CC(=O)N2CC(S(=O)(=O)Cc3ccco3)C2)c(=O)c1C. The molecule has 1 fully saturated rings. The fourth-order valence-corrected chi connectivity index (χ4v) is 4.22. The number of likely N-dealkylation sites (tertiary alicyclic amines) is 1. The lowest BCUT2D eigenvalue weighted by molar-refractivity contribution is -0.135. The number of hydrogen-bond acceptors (Lipinski definition) is 6. The fraction of sp³-hybridized carbons (Fsp3) is 0.438. The van der Waals surface area contributed by atoms with E-state index in [0.717, 1.165) is 0 Å². The second kappa shape index (κ2) is 6.47. The smallest absolute Gasteiger partial charge is 0.256 e. The lowest BCUT2D eigenvalue weighted by atomic mass is 10.2. The van der Waals surface area contributed by atoms with Crippen LogP contribution in [0.4, 0.5) is 0 Å². The molecule has 134 valence electrons. The van der Waals surface area contributed by atoms with Gasteiger partial charge in [0.25, 0.3) is 5.56 Å². The first-order chi connectivity index (χ1) is 11.8. The summed E-state index contributed by atoms with van der Waals surface area (Å²) in [6.45, 7) is 3.51. The molecule has 0 N–H and O–H groups in total. The summed E-state index contributed by atoms with van der Waals surface area (Å²) in [5.74, 6) is -0.0816. The molecule has 3 heterocycles. The lowest BCUT2D eigenvalue weighted by Gasteiger charge is -2.38. The van der Waals surface area contributed by atoms with Gasteiger partial charge in [-0.3, -0.25) is 14.2 Å². The van der Waals surface area contributed by atoms with Gasteiger partial charge in [-0.2, -0.15) is 0 Å². The zero-order valence-electron chi connectivity index (χ0n) is 14.0. The van der Waals surface area contributed by atoms with Crippen molar-refractivity contribution in [2.45, 2.75) is 31.4 Å². The summed E-state index contributed by atoms with van der Waals surface area (Å²) in [5.41, 5.74) is 0.864. The van der Waals surface area contributed by atoms with Crippen molar-refractivity contribution in [1.29, 1.82) is 0 Å². The van der Waals surface area contributed by atoms with E-state index in [1.165, 1.54) is 22.1 Å². The van der Waals surface area contributed by atoms with Gasteiger partial charge in [0.2, 0.25) is 5.91 Å². The number of hydrogen-bond donors (Lipinski definition) is 0. The molecule has 25 heavy (non-hydrogen) atoms. The molecule has 0 aliphatic carbocycles. The number of sulfone groups is 1. The first-order valence-electron chi connectivity index (χ1n) is 7.82. The first kappa shape index (κ1) is 17.4. The number of aryl methyl sites for hydroxylation is 1. The molecule has 9 heteroatoms. The van der Waals surface area contributed by atoms with Crippen LogP contribution in [0.3, 0.4) is 0 Å². The van der Waals surface area contributed by atoms with Crippen molar-refractivity contribution in [1.82, 2.24) is 14.5 Å². The molecule has 0 bridgehead atoms. The lowest BCUT2D eigenvalue weighted by Crippen LogP contribution is -2.58. The standard InChI is InChI=1S/C16H19N3O5S/c1-11-12(2)17-10-19(16(11)21)8-15(20)18-6-14(7-18)25(22,23)9-13-4-3-5-24-13/h3-5,10,14H,6-9H2,1-2H3. The van der Waals surface area contributed by atoms with Crippen molar-refractivity contribution < 1.29 is 17.6 Å². The minimum absolute atomic E-state index is 0.134. The Labute approximate surface area is 145 Å². The molecule has 2 aromatic heterocycles. The van der Waals surface area contributed by atoms with Crippen molar-refractivity contribution in [2.24, 2.45) is 0 Å². The third kappa shape index (κ3) is 3.51. The number of aromatic nitrogens is 2. The summed E-state index contributed by atoms with van der Waals surface area (Å²) in [6, 6.07) is 3.25. The van der Waals surface area contributed by atoms with Crippen molar-refractivity contribution in [3.8, 4) is 0 Å². The number of carbonyl (C=O) groups excluding carboxylic acids is 1. The summed E-state index contributed by atoms with van der Waals surface area (Å²) >= 11 is 0. The van der Waals surface area contributed by atoms with Gasteiger partial charge in [0.05, 0.1) is 17.8 Å². The van der Waals surface area contributed by atoms with E-state index in [9.17, 15) is 18.0 Å². The van der Waals surface area contributed by atoms with E-state index < -0.39 is 15.1 Å². The Kier molecular flexibility index (Phi) is 4.51. The van der Waals surface area contributed by atoms with E-state index in [1.54, 1.807) is 26.0 Å². The molecule has 1 aliphatic rings. The normalized spacial score (nSPS) is 15.2. The molecule has 0 saturated carbocycles.